The molecular weight excluding hydrogens is 1050 g/mol. The lowest BCUT2D eigenvalue weighted by Crippen LogP contribution is -2.42. The van der Waals surface area contributed by atoms with Gasteiger partial charge in [-0.3, -0.25) is 9.59 Å². The van der Waals surface area contributed by atoms with Crippen LogP contribution in [-0.4, -0.2) is 50.7 Å². The number of ether oxygens (including phenoxy) is 6. The van der Waals surface area contributed by atoms with Crippen LogP contribution in [-0.2, 0) is 46.9 Å². The molecule has 82 heavy (non-hydrogen) atoms. The molecule has 0 aromatic heterocycles. The van der Waals surface area contributed by atoms with Crippen molar-refractivity contribution in [2.45, 2.75) is 96.9 Å². The van der Waals surface area contributed by atoms with E-state index >= 15 is 9.59 Å². The van der Waals surface area contributed by atoms with Gasteiger partial charge in [0.2, 0.25) is 5.78 Å². The molecule has 0 heterocycles. The monoisotopic (exact) mass is 1120 g/mol. The Bertz CT molecular complexity index is 3340. The largest absolute Gasteiger partial charge is 0.489 e. The van der Waals surface area contributed by atoms with Crippen LogP contribution in [0.1, 0.15) is 108 Å². The number of esters is 2. The maximum absolute atomic E-state index is 15.9. The SMILES string of the molecule is CC(C)(C)[Si](C)(C)OC[C@H]1C[C@@H](NC(=O)c2ccc(OCc3ccccc3)cc2)[C@H](OC(=O)c2cc(OCc3ccccc3)c(C(=O)c3c(OCc4ccccc4)cccc3C(=O)OCc3ccccc3)c(OCc3ccccc3)c2)C1. The molecule has 1 fully saturated rings. The molecule has 0 radical (unpaired) electrons. The smallest absolute Gasteiger partial charge is 0.339 e. The zero-order valence-electron chi connectivity index (χ0n) is 47.0. The minimum absolute atomic E-state index is 0.0113. The van der Waals surface area contributed by atoms with E-state index in [1.165, 1.54) is 18.2 Å². The summed E-state index contributed by atoms with van der Waals surface area (Å²) >= 11 is 0. The van der Waals surface area contributed by atoms with Crippen molar-refractivity contribution in [3.8, 4) is 23.0 Å². The Morgan fingerprint density at radius 2 is 0.951 bits per heavy atom. The molecule has 1 aliphatic carbocycles. The Kier molecular flexibility index (Phi) is 19.1. The van der Waals surface area contributed by atoms with Gasteiger partial charge in [-0.05, 0) is 113 Å². The van der Waals surface area contributed by atoms with Gasteiger partial charge in [0.15, 0.2) is 8.32 Å². The number of hydrogen-bond acceptors (Lipinski definition) is 11. The van der Waals surface area contributed by atoms with Crippen molar-refractivity contribution in [1.29, 1.82) is 0 Å². The third-order valence-electron chi connectivity index (χ3n) is 15.0. The van der Waals surface area contributed by atoms with Crippen LogP contribution in [0.4, 0.5) is 0 Å². The minimum atomic E-state index is -2.19. The minimum Gasteiger partial charge on any atom is -0.489 e. The molecule has 0 spiro atoms. The molecule has 0 saturated heterocycles. The maximum Gasteiger partial charge on any atom is 0.339 e. The summed E-state index contributed by atoms with van der Waals surface area (Å²) in [6.45, 7) is 11.8. The second-order valence-electron chi connectivity index (χ2n) is 22.0. The van der Waals surface area contributed by atoms with Crippen LogP contribution in [0.25, 0.3) is 0 Å². The Morgan fingerprint density at radius 1 is 0.488 bits per heavy atom. The van der Waals surface area contributed by atoms with E-state index in [1.54, 1.807) is 36.4 Å². The average molecular weight is 1120 g/mol. The first-order chi connectivity index (χ1) is 39.7. The van der Waals surface area contributed by atoms with Crippen LogP contribution in [0.15, 0.2) is 206 Å². The molecule has 1 saturated carbocycles. The molecule has 9 rings (SSSR count). The van der Waals surface area contributed by atoms with E-state index in [0.717, 1.165) is 27.8 Å². The van der Waals surface area contributed by atoms with Gasteiger partial charge in [0, 0.05) is 12.2 Å². The number of amides is 1. The number of hydrogen-bond donors (Lipinski definition) is 1. The van der Waals surface area contributed by atoms with Gasteiger partial charge in [0.1, 0.15) is 67.7 Å². The number of carbonyl (C=O) groups excluding carboxylic acids is 4. The number of nitrogens with one attached hydrogen (secondary N) is 1. The second kappa shape index (κ2) is 27.1. The standard InChI is InChI=1S/C69H69NO11Si/c1-69(2,3)82(4,5)80-47-53-38-58(70-66(72)54-34-36-56(37-35-54)75-42-48-22-11-6-12-23-48)60(39-53)81-67(73)55-40-61(77-44-50-26-15-8-16-27-50)64(62(41-55)78-45-51-28-17-9-18-29-51)65(71)63-57(68(74)79-46-52-30-19-10-20-31-52)32-21-33-59(63)76-43-49-24-13-7-14-25-49/h6-37,40-41,53,58,60H,38-39,42-47H2,1-5H3,(H,70,72)/t53-,58+,60+/m0/s1. The van der Waals surface area contributed by atoms with Crippen LogP contribution in [0.5, 0.6) is 23.0 Å². The number of ketones is 1. The molecule has 1 amide bonds. The zero-order valence-corrected chi connectivity index (χ0v) is 48.0. The molecule has 0 aliphatic heterocycles. The fourth-order valence-corrected chi connectivity index (χ4v) is 10.4. The van der Waals surface area contributed by atoms with E-state index in [-0.39, 0.29) is 82.8 Å². The third-order valence-corrected chi connectivity index (χ3v) is 19.5. The molecule has 420 valence electrons. The summed E-state index contributed by atoms with van der Waals surface area (Å²) in [6.07, 6.45) is 0.119. The van der Waals surface area contributed by atoms with E-state index in [9.17, 15) is 9.59 Å². The predicted octanol–water partition coefficient (Wildman–Crippen LogP) is 14.3. The van der Waals surface area contributed by atoms with Gasteiger partial charge in [-0.1, -0.05) is 178 Å². The van der Waals surface area contributed by atoms with Gasteiger partial charge >= 0.3 is 11.9 Å². The summed E-state index contributed by atoms with van der Waals surface area (Å²) in [7, 11) is -2.19. The molecule has 0 unspecified atom stereocenters. The van der Waals surface area contributed by atoms with Crippen molar-refractivity contribution in [3.05, 3.63) is 262 Å². The summed E-state index contributed by atoms with van der Waals surface area (Å²) < 4.78 is 44.8. The third kappa shape index (κ3) is 15.4. The van der Waals surface area contributed by atoms with E-state index in [2.05, 4.69) is 39.2 Å². The molecule has 3 atom stereocenters. The molecule has 8 aromatic carbocycles. The van der Waals surface area contributed by atoms with Crippen molar-refractivity contribution in [2.24, 2.45) is 5.92 Å². The summed E-state index contributed by atoms with van der Waals surface area (Å²) in [4.78, 5) is 59.3. The maximum atomic E-state index is 15.9. The second-order valence-corrected chi connectivity index (χ2v) is 26.8. The molecule has 12 nitrogen and oxygen atoms in total. The summed E-state index contributed by atoms with van der Waals surface area (Å²) in [5, 5.41) is 3.15. The van der Waals surface area contributed by atoms with Gasteiger partial charge in [0.25, 0.3) is 5.91 Å². The van der Waals surface area contributed by atoms with Crippen molar-refractivity contribution in [2.75, 3.05) is 6.61 Å². The molecular formula is C69H69NO11Si. The highest BCUT2D eigenvalue weighted by atomic mass is 28.4. The molecule has 1 N–H and O–H groups in total. The fourth-order valence-electron chi connectivity index (χ4n) is 9.31. The van der Waals surface area contributed by atoms with E-state index in [1.807, 2.05) is 152 Å². The van der Waals surface area contributed by atoms with Crippen LogP contribution >= 0.6 is 0 Å². The van der Waals surface area contributed by atoms with Crippen molar-refractivity contribution >= 4 is 31.9 Å². The highest BCUT2D eigenvalue weighted by molar-refractivity contribution is 6.74. The number of benzene rings is 8. The first-order valence-electron chi connectivity index (χ1n) is 27.7. The normalized spacial score (nSPS) is 15.0. The van der Waals surface area contributed by atoms with Crippen molar-refractivity contribution < 1.29 is 52.0 Å². The summed E-state index contributed by atoms with van der Waals surface area (Å²) in [5.74, 6) is -1.86. The number of rotatable bonds is 24. The van der Waals surface area contributed by atoms with E-state index in [0.29, 0.717) is 37.4 Å². The predicted molar refractivity (Wildman–Crippen MR) is 318 cm³/mol. The van der Waals surface area contributed by atoms with Crippen molar-refractivity contribution in [1.82, 2.24) is 5.32 Å². The Labute approximate surface area is 481 Å². The van der Waals surface area contributed by atoms with E-state index in [4.69, 9.17) is 32.8 Å². The molecule has 8 aromatic rings. The van der Waals surface area contributed by atoms with Gasteiger partial charge in [0.05, 0.1) is 22.7 Å². The Hall–Kier alpha value is -8.78. The van der Waals surface area contributed by atoms with Gasteiger partial charge in [-0.15, -0.1) is 0 Å². The van der Waals surface area contributed by atoms with E-state index < -0.39 is 38.2 Å². The lowest BCUT2D eigenvalue weighted by atomic mass is 9.94. The number of carbonyl (C=O) groups is 4. The van der Waals surface area contributed by atoms with Crippen LogP contribution in [0.2, 0.25) is 18.1 Å². The Morgan fingerprint density at radius 3 is 1.44 bits per heavy atom. The Balaban J connectivity index is 1.07. The highest BCUT2D eigenvalue weighted by Crippen LogP contribution is 2.41. The molecule has 1 aliphatic rings. The van der Waals surface area contributed by atoms with Gasteiger partial charge < -0.3 is 38.2 Å². The van der Waals surface area contributed by atoms with Crippen LogP contribution < -0.4 is 24.3 Å². The lowest BCUT2D eigenvalue weighted by Gasteiger charge is -2.37. The topological polar surface area (TPSA) is 145 Å². The summed E-state index contributed by atoms with van der Waals surface area (Å²) in [5.41, 5.74) is 4.40. The van der Waals surface area contributed by atoms with Crippen LogP contribution in [0.3, 0.4) is 0 Å². The quantitative estimate of drug-likeness (QED) is 0.0351. The first kappa shape index (κ1) is 57.9. The molecule has 13 heteroatoms. The highest BCUT2D eigenvalue weighted by Gasteiger charge is 2.42. The summed E-state index contributed by atoms with van der Waals surface area (Å²) in [6, 6.07) is 61.4. The van der Waals surface area contributed by atoms with Crippen LogP contribution in [0, 0.1) is 5.92 Å². The van der Waals surface area contributed by atoms with Crippen molar-refractivity contribution in [3.63, 3.8) is 0 Å². The van der Waals surface area contributed by atoms with Gasteiger partial charge in [-0.2, -0.15) is 0 Å². The zero-order chi connectivity index (χ0) is 57.5. The fraction of sp³-hybridized carbons (Fsp3) is 0.246. The molecule has 0 bridgehead atoms. The van der Waals surface area contributed by atoms with Gasteiger partial charge in [-0.25, -0.2) is 9.59 Å². The average Bonchev–Trinajstić information content (AvgIpc) is 3.25. The first-order valence-corrected chi connectivity index (χ1v) is 30.6. The lowest BCUT2D eigenvalue weighted by molar-refractivity contribution is 0.0238.